The fourth-order valence-electron chi connectivity index (χ4n) is 4.86. The third-order valence-electron chi connectivity index (χ3n) is 7.33. The number of esters is 3. The second-order valence-corrected chi connectivity index (χ2v) is 11.1. The number of allylic oxidation sites excluding steroid dienone is 2. The summed E-state index contributed by atoms with van der Waals surface area (Å²) in [6.07, 6.45) is 0.635. The zero-order valence-corrected chi connectivity index (χ0v) is 24.8. The van der Waals surface area contributed by atoms with E-state index in [-0.39, 0.29) is 11.1 Å². The number of carbonyl (C=O) groups is 5. The predicted molar refractivity (Wildman–Crippen MR) is 162 cm³/mol. The van der Waals surface area contributed by atoms with Crippen LogP contribution in [0.15, 0.2) is 72.9 Å². The first-order valence-electron chi connectivity index (χ1n) is 14.2. The summed E-state index contributed by atoms with van der Waals surface area (Å²) in [5.41, 5.74) is -4.10. The van der Waals surface area contributed by atoms with Gasteiger partial charge in [0.15, 0.2) is 40.5 Å². The van der Waals surface area contributed by atoms with Crippen LogP contribution in [0.25, 0.3) is 12.2 Å². The van der Waals surface area contributed by atoms with Gasteiger partial charge in [-0.05, 0) is 71.8 Å². The van der Waals surface area contributed by atoms with E-state index < -0.39 is 101 Å². The van der Waals surface area contributed by atoms with E-state index in [4.69, 9.17) is 14.2 Å². The van der Waals surface area contributed by atoms with Gasteiger partial charge < -0.3 is 50.0 Å². The molecule has 0 unspecified atom stereocenters. The Morgan fingerprint density at radius 2 is 1.19 bits per heavy atom. The number of aliphatic carboxylic acids is 1. The molecule has 15 heteroatoms. The maximum atomic E-state index is 13.1. The van der Waals surface area contributed by atoms with Crippen molar-refractivity contribution >= 4 is 41.8 Å². The lowest BCUT2D eigenvalue weighted by molar-refractivity contribution is -0.213. The first kappa shape index (κ1) is 34.9. The molecule has 0 aromatic heterocycles. The van der Waals surface area contributed by atoms with Crippen LogP contribution in [0.5, 0.6) is 23.0 Å². The lowest BCUT2D eigenvalue weighted by atomic mass is 9.79. The van der Waals surface area contributed by atoms with E-state index in [0.29, 0.717) is 0 Å². The van der Waals surface area contributed by atoms with Crippen LogP contribution < -0.4 is 0 Å². The standard InChI is InChI=1S/C33H30O15/c34-20-9-11-32(44,12-10-20)17-29(41)48-30-25(46-27(39)7-3-18-1-5-21(35)23(37)13-18)15-33(45,31(42)43)16-26(30)47-28(40)8-4-19-2-6-22(36)24(38)14-19/h1-14,25-26,30,35-38,44-45H,15-17H2,(H,42,43)/b7-3+,8-4+/t25-,26-,30?,33?/m1/s1. The molecule has 4 rings (SSSR count). The molecular formula is C33H30O15. The number of carboxylic acids is 1. The number of hydrogen-bond acceptors (Lipinski definition) is 14. The minimum atomic E-state index is -2.65. The molecule has 252 valence electrons. The van der Waals surface area contributed by atoms with Gasteiger partial charge >= 0.3 is 23.9 Å². The third kappa shape index (κ3) is 8.86. The van der Waals surface area contributed by atoms with E-state index >= 15 is 0 Å². The van der Waals surface area contributed by atoms with Gasteiger partial charge in [-0.3, -0.25) is 9.59 Å². The first-order valence-corrected chi connectivity index (χ1v) is 14.2. The number of carbonyl (C=O) groups excluding carboxylic acids is 4. The number of ketones is 1. The summed E-state index contributed by atoms with van der Waals surface area (Å²) in [6.45, 7) is 0. The molecule has 2 aliphatic rings. The maximum absolute atomic E-state index is 13.1. The molecule has 15 nitrogen and oxygen atoms in total. The molecule has 2 aromatic rings. The summed E-state index contributed by atoms with van der Waals surface area (Å²) in [7, 11) is 0. The van der Waals surface area contributed by atoms with Crippen molar-refractivity contribution < 1.29 is 73.9 Å². The summed E-state index contributed by atoms with van der Waals surface area (Å²) in [5.74, 6) is -7.40. The highest BCUT2D eigenvalue weighted by atomic mass is 16.6. The molecule has 0 aliphatic heterocycles. The van der Waals surface area contributed by atoms with E-state index in [0.717, 1.165) is 60.7 Å². The number of aromatic hydroxyl groups is 4. The van der Waals surface area contributed by atoms with Crippen LogP contribution in [0.1, 0.15) is 30.4 Å². The summed E-state index contributed by atoms with van der Waals surface area (Å²) >= 11 is 0. The number of carboxylic acid groups (broad SMARTS) is 1. The van der Waals surface area contributed by atoms with E-state index in [1.807, 2.05) is 0 Å². The van der Waals surface area contributed by atoms with Crippen molar-refractivity contribution in [3.05, 3.63) is 84.0 Å². The second kappa shape index (κ2) is 14.2. The number of ether oxygens (including phenoxy) is 3. The molecule has 0 spiro atoms. The summed E-state index contributed by atoms with van der Waals surface area (Å²) in [6, 6.07) is 7.26. The highest BCUT2D eigenvalue weighted by Crippen LogP contribution is 2.36. The molecule has 0 amide bonds. The van der Waals surface area contributed by atoms with Crippen molar-refractivity contribution in [1.82, 2.24) is 0 Å². The molecule has 48 heavy (non-hydrogen) atoms. The van der Waals surface area contributed by atoms with Crippen LogP contribution in [-0.4, -0.2) is 94.9 Å². The van der Waals surface area contributed by atoms with Crippen LogP contribution in [-0.2, 0) is 38.2 Å². The fraction of sp³-hybridized carbons (Fsp3) is 0.242. The number of aliphatic hydroxyl groups is 2. The van der Waals surface area contributed by atoms with Crippen LogP contribution >= 0.6 is 0 Å². The number of rotatable bonds is 10. The molecule has 0 bridgehead atoms. The van der Waals surface area contributed by atoms with Crippen LogP contribution in [0.4, 0.5) is 0 Å². The van der Waals surface area contributed by atoms with Gasteiger partial charge in [0.1, 0.15) is 17.8 Å². The number of benzene rings is 2. The van der Waals surface area contributed by atoms with Gasteiger partial charge in [-0.2, -0.15) is 0 Å². The predicted octanol–water partition coefficient (Wildman–Crippen LogP) is 1.40. The molecule has 2 atom stereocenters. The molecule has 0 heterocycles. The van der Waals surface area contributed by atoms with E-state index in [1.54, 1.807) is 0 Å². The maximum Gasteiger partial charge on any atom is 0.335 e. The molecule has 1 fully saturated rings. The van der Waals surface area contributed by atoms with Crippen LogP contribution in [0.3, 0.4) is 0 Å². The van der Waals surface area contributed by atoms with Crippen molar-refractivity contribution in [3.8, 4) is 23.0 Å². The zero-order chi connectivity index (χ0) is 35.2. The summed E-state index contributed by atoms with van der Waals surface area (Å²) in [5, 5.41) is 69.8. The van der Waals surface area contributed by atoms with Gasteiger partial charge in [0, 0.05) is 25.0 Å². The Labute approximate surface area is 271 Å². The average Bonchev–Trinajstić information content (AvgIpc) is 3.01. The van der Waals surface area contributed by atoms with Crippen LogP contribution in [0.2, 0.25) is 0 Å². The number of phenols is 4. The van der Waals surface area contributed by atoms with Crippen LogP contribution in [0, 0.1) is 0 Å². The molecule has 7 N–H and O–H groups in total. The van der Waals surface area contributed by atoms with E-state index in [9.17, 15) is 59.7 Å². The van der Waals surface area contributed by atoms with Crippen molar-refractivity contribution in [2.45, 2.75) is 48.8 Å². The summed E-state index contributed by atoms with van der Waals surface area (Å²) in [4.78, 5) is 62.3. The quantitative estimate of drug-likeness (QED) is 0.0819. The lowest BCUT2D eigenvalue weighted by Crippen LogP contribution is -2.59. The highest BCUT2D eigenvalue weighted by molar-refractivity contribution is 6.00. The molecule has 2 aromatic carbocycles. The minimum absolute atomic E-state index is 0.247. The highest BCUT2D eigenvalue weighted by Gasteiger charge is 2.54. The van der Waals surface area contributed by atoms with E-state index in [2.05, 4.69) is 0 Å². The first-order chi connectivity index (χ1) is 22.6. The largest absolute Gasteiger partial charge is 0.504 e. The summed E-state index contributed by atoms with van der Waals surface area (Å²) < 4.78 is 16.3. The molecule has 1 saturated carbocycles. The van der Waals surface area contributed by atoms with Gasteiger partial charge in [0.2, 0.25) is 0 Å². The molecule has 0 saturated heterocycles. The fourth-order valence-corrected chi connectivity index (χ4v) is 4.86. The smallest absolute Gasteiger partial charge is 0.335 e. The topological polar surface area (TPSA) is 255 Å². The molecule has 0 radical (unpaired) electrons. The van der Waals surface area contributed by atoms with Gasteiger partial charge in [0.25, 0.3) is 0 Å². The Kier molecular flexibility index (Phi) is 10.4. The van der Waals surface area contributed by atoms with Gasteiger partial charge in [0.05, 0.1) is 6.42 Å². The Hall–Kier alpha value is -5.93. The monoisotopic (exact) mass is 666 g/mol. The average molecular weight is 667 g/mol. The van der Waals surface area contributed by atoms with Crippen molar-refractivity contribution in [1.29, 1.82) is 0 Å². The SMILES string of the molecule is O=C1C=CC(O)(CC(=O)OC2[C@H](OC(=O)/C=C/c3ccc(O)c(O)c3)CC(O)(C(=O)O)C[C@H]2OC(=O)/C=C/c2ccc(O)c(O)c2)C=C1. The lowest BCUT2D eigenvalue weighted by Gasteiger charge is -2.42. The van der Waals surface area contributed by atoms with Crippen molar-refractivity contribution in [2.24, 2.45) is 0 Å². The zero-order valence-electron chi connectivity index (χ0n) is 24.8. The third-order valence-corrected chi connectivity index (χ3v) is 7.33. The van der Waals surface area contributed by atoms with Gasteiger partial charge in [-0.1, -0.05) is 12.1 Å². The van der Waals surface area contributed by atoms with Crippen molar-refractivity contribution in [3.63, 3.8) is 0 Å². The Morgan fingerprint density at radius 1 is 0.729 bits per heavy atom. The normalized spacial score (nSPS) is 23.2. The van der Waals surface area contributed by atoms with Crippen molar-refractivity contribution in [2.75, 3.05) is 0 Å². The Bertz CT molecular complexity index is 1630. The molecule has 2 aliphatic carbocycles. The second-order valence-electron chi connectivity index (χ2n) is 11.1. The Morgan fingerprint density at radius 3 is 1.60 bits per heavy atom. The number of phenolic OH excluding ortho intramolecular Hbond substituents is 4. The van der Waals surface area contributed by atoms with Gasteiger partial charge in [-0.25, -0.2) is 14.4 Å². The molecular weight excluding hydrogens is 636 g/mol. The van der Waals surface area contributed by atoms with Gasteiger partial charge in [-0.15, -0.1) is 0 Å². The minimum Gasteiger partial charge on any atom is -0.504 e. The van der Waals surface area contributed by atoms with E-state index in [1.165, 1.54) is 24.3 Å². The Balaban J connectivity index is 1.61. The number of hydrogen-bond donors (Lipinski definition) is 7.